The van der Waals surface area contributed by atoms with Crippen LogP contribution in [0.2, 0.25) is 0 Å². The first kappa shape index (κ1) is 18.0. The zero-order chi connectivity index (χ0) is 20.5. The quantitative estimate of drug-likeness (QED) is 0.211. The molecule has 9 heteroatoms. The Morgan fingerprint density at radius 2 is 1.76 bits per heavy atom. The second kappa shape index (κ2) is 6.97. The Labute approximate surface area is 164 Å². The summed E-state index contributed by atoms with van der Waals surface area (Å²) in [6.45, 7) is 0. The van der Waals surface area contributed by atoms with Crippen LogP contribution >= 0.6 is 0 Å². The van der Waals surface area contributed by atoms with Crippen molar-refractivity contribution in [3.8, 4) is 11.4 Å². The number of benzene rings is 3. The largest absolute Gasteiger partial charge is 0.426 e. The number of carbonyl (C=O) groups is 1. The normalized spacial score (nSPS) is 10.8. The average Bonchev–Trinajstić information content (AvgIpc) is 3.05. The molecule has 29 heavy (non-hydrogen) atoms. The maximum atomic E-state index is 12.3. The molecule has 1 amide bonds. The van der Waals surface area contributed by atoms with Crippen LogP contribution in [0.3, 0.4) is 0 Å². The number of rotatable bonds is 4. The smallest absolute Gasteiger partial charge is 0.271 e. The summed E-state index contributed by atoms with van der Waals surface area (Å²) in [5, 5.41) is 24.1. The number of anilines is 2. The zero-order valence-corrected chi connectivity index (χ0v) is 14.9. The summed E-state index contributed by atoms with van der Waals surface area (Å²) in [7, 11) is 0. The Hall–Kier alpha value is -4.40. The molecule has 0 atom stereocenters. The van der Waals surface area contributed by atoms with Crippen LogP contribution in [0.5, 0.6) is 0 Å². The molecule has 0 aliphatic rings. The number of nitrogen functional groups attached to an aromatic ring is 1. The third-order valence-corrected chi connectivity index (χ3v) is 4.40. The van der Waals surface area contributed by atoms with Gasteiger partial charge in [-0.05, 0) is 54.6 Å². The molecule has 4 rings (SSSR count). The van der Waals surface area contributed by atoms with Gasteiger partial charge in [0.15, 0.2) is 5.82 Å². The lowest BCUT2D eigenvalue weighted by molar-refractivity contribution is -0.384. The zero-order valence-electron chi connectivity index (χ0n) is 14.9. The summed E-state index contributed by atoms with van der Waals surface area (Å²) in [5.41, 5.74) is 8.33. The maximum absolute atomic E-state index is 12.3. The Morgan fingerprint density at radius 1 is 1.07 bits per heavy atom. The third-order valence-electron chi connectivity index (χ3n) is 4.40. The van der Waals surface area contributed by atoms with Gasteiger partial charge in [0, 0.05) is 34.6 Å². The number of nitro benzene ring substituents is 1. The first-order valence-electron chi connectivity index (χ1n) is 8.56. The molecular formula is C20H15N5O4. The molecule has 3 aromatic carbocycles. The highest BCUT2D eigenvalue weighted by Crippen LogP contribution is 2.27. The van der Waals surface area contributed by atoms with Crippen molar-refractivity contribution in [2.45, 2.75) is 0 Å². The van der Waals surface area contributed by atoms with Crippen LogP contribution < -0.4 is 11.1 Å². The van der Waals surface area contributed by atoms with Gasteiger partial charge in [-0.1, -0.05) is 0 Å². The van der Waals surface area contributed by atoms with E-state index in [1.54, 1.807) is 48.5 Å². The number of fused-ring (bicyclic) bond motifs is 1. The van der Waals surface area contributed by atoms with Gasteiger partial charge in [0.2, 0.25) is 0 Å². The van der Waals surface area contributed by atoms with Gasteiger partial charge < -0.3 is 16.3 Å². The van der Waals surface area contributed by atoms with E-state index in [1.807, 2.05) is 0 Å². The van der Waals surface area contributed by atoms with Crippen molar-refractivity contribution in [1.29, 1.82) is 0 Å². The first-order chi connectivity index (χ1) is 13.9. The lowest BCUT2D eigenvalue weighted by Gasteiger charge is -2.07. The fourth-order valence-electron chi connectivity index (χ4n) is 2.89. The van der Waals surface area contributed by atoms with Gasteiger partial charge in [-0.2, -0.15) is 4.73 Å². The molecule has 0 aliphatic carbocycles. The van der Waals surface area contributed by atoms with E-state index in [2.05, 4.69) is 10.3 Å². The molecule has 4 N–H and O–H groups in total. The van der Waals surface area contributed by atoms with Gasteiger partial charge in [0.25, 0.3) is 11.6 Å². The number of hydrogen-bond donors (Lipinski definition) is 3. The molecule has 0 spiro atoms. The number of hydrogen-bond acceptors (Lipinski definition) is 6. The number of nitrogens with two attached hydrogens (primary N) is 1. The fraction of sp³-hybridized carbons (Fsp3) is 0. The molecule has 0 radical (unpaired) electrons. The Morgan fingerprint density at radius 3 is 2.41 bits per heavy atom. The second-order valence-corrected chi connectivity index (χ2v) is 6.33. The number of non-ortho nitro benzene ring substituents is 1. The number of imidazole rings is 1. The molecule has 1 heterocycles. The van der Waals surface area contributed by atoms with Crippen LogP contribution in [0.1, 0.15) is 10.4 Å². The molecule has 0 saturated carbocycles. The van der Waals surface area contributed by atoms with E-state index in [-0.39, 0.29) is 22.9 Å². The van der Waals surface area contributed by atoms with Gasteiger partial charge in [0.05, 0.1) is 10.4 Å². The summed E-state index contributed by atoms with van der Waals surface area (Å²) in [6.07, 6.45) is 0. The average molecular weight is 389 g/mol. The molecule has 0 saturated heterocycles. The highest BCUT2D eigenvalue weighted by atomic mass is 16.6. The van der Waals surface area contributed by atoms with Crippen LogP contribution in [-0.2, 0) is 0 Å². The molecule has 0 fully saturated rings. The van der Waals surface area contributed by atoms with Gasteiger partial charge in [-0.3, -0.25) is 14.9 Å². The second-order valence-electron chi connectivity index (χ2n) is 6.33. The number of nitro groups is 1. The first-order valence-corrected chi connectivity index (χ1v) is 8.56. The van der Waals surface area contributed by atoms with Crippen molar-refractivity contribution in [3.63, 3.8) is 0 Å². The van der Waals surface area contributed by atoms with Gasteiger partial charge in [-0.15, -0.1) is 0 Å². The highest BCUT2D eigenvalue weighted by Gasteiger charge is 2.16. The minimum atomic E-state index is -0.537. The van der Waals surface area contributed by atoms with Crippen LogP contribution in [0.15, 0.2) is 66.7 Å². The number of nitrogens with one attached hydrogen (secondary N) is 1. The number of nitrogens with zero attached hydrogens (tertiary/aromatic N) is 3. The monoisotopic (exact) mass is 389 g/mol. The maximum Gasteiger partial charge on any atom is 0.271 e. The van der Waals surface area contributed by atoms with Crippen LogP contribution in [0.4, 0.5) is 17.1 Å². The van der Waals surface area contributed by atoms with Gasteiger partial charge in [-0.25, -0.2) is 4.98 Å². The molecule has 1 aromatic heterocycles. The topological polar surface area (TPSA) is 136 Å². The van der Waals surface area contributed by atoms with Crippen LogP contribution in [-0.4, -0.2) is 25.8 Å². The van der Waals surface area contributed by atoms with Gasteiger partial charge >= 0.3 is 0 Å². The summed E-state index contributed by atoms with van der Waals surface area (Å²) < 4.78 is 0.810. The van der Waals surface area contributed by atoms with E-state index in [1.165, 1.54) is 18.2 Å². The molecule has 4 aromatic rings. The summed E-state index contributed by atoms with van der Waals surface area (Å²) in [6, 6.07) is 17.3. The standard InChI is InChI=1S/C20H15N5O4/c21-14-5-1-13(2-6-14)20(26)22-15-7-3-12(4-8-15)19-23-17-10-9-16(25(28)29)11-18(17)24(19)27/h1-11,27H,21H2,(H,22,26). The van der Waals surface area contributed by atoms with E-state index in [0.29, 0.717) is 28.0 Å². The predicted octanol–water partition coefficient (Wildman–Crippen LogP) is 3.68. The molecule has 0 unspecified atom stereocenters. The summed E-state index contributed by atoms with van der Waals surface area (Å²) >= 11 is 0. The lowest BCUT2D eigenvalue weighted by atomic mass is 10.1. The summed E-state index contributed by atoms with van der Waals surface area (Å²) in [5.74, 6) is -0.0450. The third kappa shape index (κ3) is 3.44. The summed E-state index contributed by atoms with van der Waals surface area (Å²) in [4.78, 5) is 27.0. The minimum absolute atomic E-state index is 0.139. The lowest BCUT2D eigenvalue weighted by Crippen LogP contribution is -2.11. The Bertz CT molecular complexity index is 1230. The van der Waals surface area contributed by atoms with Crippen molar-refractivity contribution in [3.05, 3.63) is 82.4 Å². The molecule has 9 nitrogen and oxygen atoms in total. The van der Waals surface area contributed by atoms with Crippen LogP contribution in [0.25, 0.3) is 22.4 Å². The van der Waals surface area contributed by atoms with E-state index in [9.17, 15) is 20.1 Å². The number of aromatic nitrogens is 2. The van der Waals surface area contributed by atoms with Gasteiger partial charge in [0.1, 0.15) is 5.52 Å². The molecule has 0 aliphatic heterocycles. The molecular weight excluding hydrogens is 374 g/mol. The minimum Gasteiger partial charge on any atom is -0.426 e. The Balaban J connectivity index is 1.59. The predicted molar refractivity (Wildman–Crippen MR) is 108 cm³/mol. The van der Waals surface area contributed by atoms with Crippen molar-refractivity contribution in [2.75, 3.05) is 11.1 Å². The van der Waals surface area contributed by atoms with E-state index in [0.717, 1.165) is 4.73 Å². The van der Waals surface area contributed by atoms with E-state index in [4.69, 9.17) is 5.73 Å². The van der Waals surface area contributed by atoms with Crippen molar-refractivity contribution in [1.82, 2.24) is 9.71 Å². The fourth-order valence-corrected chi connectivity index (χ4v) is 2.89. The van der Waals surface area contributed by atoms with Crippen molar-refractivity contribution in [2.24, 2.45) is 0 Å². The molecule has 0 bridgehead atoms. The molecule has 144 valence electrons. The number of carbonyl (C=O) groups excluding carboxylic acids is 1. The number of amides is 1. The van der Waals surface area contributed by atoms with Crippen molar-refractivity contribution < 1.29 is 14.9 Å². The van der Waals surface area contributed by atoms with Crippen LogP contribution in [0, 0.1) is 10.1 Å². The Kier molecular flexibility index (Phi) is 4.32. The van der Waals surface area contributed by atoms with E-state index >= 15 is 0 Å². The van der Waals surface area contributed by atoms with E-state index < -0.39 is 4.92 Å². The highest BCUT2D eigenvalue weighted by molar-refractivity contribution is 6.04. The SMILES string of the molecule is Nc1ccc(C(=O)Nc2ccc(-c3nc4ccc([N+](=O)[O-])cc4n3O)cc2)cc1. The van der Waals surface area contributed by atoms with Crippen molar-refractivity contribution >= 4 is 34.0 Å².